The molecule has 1 rings (SSSR count). The maximum absolute atomic E-state index is 5.38. The van der Waals surface area contributed by atoms with E-state index in [1.165, 1.54) is 43.2 Å². The van der Waals surface area contributed by atoms with E-state index in [0.717, 1.165) is 31.0 Å². The second-order valence-electron chi connectivity index (χ2n) is 5.55. The van der Waals surface area contributed by atoms with Crippen molar-refractivity contribution in [2.24, 2.45) is 0 Å². The lowest BCUT2D eigenvalue weighted by Gasteiger charge is -2.12. The zero-order valence-electron chi connectivity index (χ0n) is 14.1. The highest BCUT2D eigenvalue weighted by Gasteiger charge is 2.08. The first-order valence-corrected chi connectivity index (χ1v) is 8.15. The molecule has 0 unspecified atom stereocenters. The molecule has 0 saturated carbocycles. The second kappa shape index (κ2) is 10.5. The Bertz CT molecular complexity index is 404. The summed E-state index contributed by atoms with van der Waals surface area (Å²) in [6.07, 6.45) is 7.47. The van der Waals surface area contributed by atoms with Crippen molar-refractivity contribution in [3.63, 3.8) is 0 Å². The third-order valence-corrected chi connectivity index (χ3v) is 3.82. The fourth-order valence-electron chi connectivity index (χ4n) is 2.51. The van der Waals surface area contributed by atoms with Crippen LogP contribution in [0.25, 0.3) is 0 Å². The minimum absolute atomic E-state index is 0.820. The van der Waals surface area contributed by atoms with Crippen LogP contribution in [-0.4, -0.2) is 27.3 Å². The number of nitrogens with one attached hydrogen (secondary N) is 1. The van der Waals surface area contributed by atoms with Crippen LogP contribution in [0.15, 0.2) is 12.1 Å². The Kier molecular flexibility index (Phi) is 8.91. The smallest absolute Gasteiger partial charge is 0.161 e. The minimum atomic E-state index is 0.820. The number of aryl methyl sites for hydroxylation is 2. The average Bonchev–Trinajstić information content (AvgIpc) is 2.50. The van der Waals surface area contributed by atoms with E-state index >= 15 is 0 Å². The van der Waals surface area contributed by atoms with Gasteiger partial charge in [-0.1, -0.05) is 19.8 Å². The van der Waals surface area contributed by atoms with E-state index in [2.05, 4.69) is 31.3 Å². The fraction of sp³-hybridized carbons (Fsp3) is 0.667. The monoisotopic (exact) mass is 293 g/mol. The maximum atomic E-state index is 5.38. The largest absolute Gasteiger partial charge is 0.493 e. The predicted octanol–water partition coefficient (Wildman–Crippen LogP) is 4.11. The summed E-state index contributed by atoms with van der Waals surface area (Å²) >= 11 is 0. The molecular weight excluding hydrogens is 262 g/mol. The molecule has 0 aliphatic heterocycles. The molecule has 0 amide bonds. The van der Waals surface area contributed by atoms with Gasteiger partial charge in [0.15, 0.2) is 11.5 Å². The first-order valence-electron chi connectivity index (χ1n) is 8.15. The molecular formula is C18H31NO2. The number of methoxy groups -OCH3 is 2. The Labute approximate surface area is 130 Å². The van der Waals surface area contributed by atoms with E-state index in [-0.39, 0.29) is 0 Å². The van der Waals surface area contributed by atoms with Crippen molar-refractivity contribution >= 4 is 0 Å². The van der Waals surface area contributed by atoms with Crippen molar-refractivity contribution in [2.45, 2.75) is 52.4 Å². The summed E-state index contributed by atoms with van der Waals surface area (Å²) < 4.78 is 10.7. The Hall–Kier alpha value is -1.22. The molecule has 0 fully saturated rings. The number of hydrogen-bond donors (Lipinski definition) is 1. The van der Waals surface area contributed by atoms with Gasteiger partial charge in [-0.15, -0.1) is 0 Å². The predicted molar refractivity (Wildman–Crippen MR) is 89.6 cm³/mol. The molecule has 0 aromatic heterocycles. The van der Waals surface area contributed by atoms with Gasteiger partial charge >= 0.3 is 0 Å². The molecule has 0 spiro atoms. The zero-order chi connectivity index (χ0) is 15.5. The zero-order valence-corrected chi connectivity index (χ0v) is 14.1. The Morgan fingerprint density at radius 2 is 1.57 bits per heavy atom. The third-order valence-electron chi connectivity index (χ3n) is 3.82. The van der Waals surface area contributed by atoms with E-state index in [1.54, 1.807) is 14.2 Å². The van der Waals surface area contributed by atoms with Crippen LogP contribution >= 0.6 is 0 Å². The SMILES string of the molecule is CCCNCCCCCCc1cc(OC)c(OC)cc1C. The summed E-state index contributed by atoms with van der Waals surface area (Å²) in [6.45, 7) is 6.65. The molecule has 3 nitrogen and oxygen atoms in total. The van der Waals surface area contributed by atoms with Crippen LogP contribution in [0.2, 0.25) is 0 Å². The molecule has 120 valence electrons. The van der Waals surface area contributed by atoms with Crippen molar-refractivity contribution in [1.29, 1.82) is 0 Å². The number of benzene rings is 1. The van der Waals surface area contributed by atoms with Gasteiger partial charge in [0, 0.05) is 0 Å². The molecule has 21 heavy (non-hydrogen) atoms. The Balaban J connectivity index is 2.32. The van der Waals surface area contributed by atoms with Gasteiger partial charge in [0.2, 0.25) is 0 Å². The van der Waals surface area contributed by atoms with Crippen molar-refractivity contribution in [3.8, 4) is 11.5 Å². The lowest BCUT2D eigenvalue weighted by atomic mass is 10.0. The van der Waals surface area contributed by atoms with E-state index in [0.29, 0.717) is 0 Å². The van der Waals surface area contributed by atoms with Gasteiger partial charge in [0.25, 0.3) is 0 Å². The van der Waals surface area contributed by atoms with Gasteiger partial charge in [-0.25, -0.2) is 0 Å². The van der Waals surface area contributed by atoms with Crippen LogP contribution in [0.1, 0.15) is 50.2 Å². The number of ether oxygens (including phenoxy) is 2. The van der Waals surface area contributed by atoms with E-state index in [9.17, 15) is 0 Å². The van der Waals surface area contributed by atoms with Gasteiger partial charge in [0.1, 0.15) is 0 Å². The summed E-state index contributed by atoms with van der Waals surface area (Å²) in [4.78, 5) is 0. The third kappa shape index (κ3) is 6.38. The molecule has 0 aliphatic rings. The van der Waals surface area contributed by atoms with E-state index < -0.39 is 0 Å². The number of rotatable bonds is 11. The molecule has 0 aliphatic carbocycles. The van der Waals surface area contributed by atoms with Crippen molar-refractivity contribution in [3.05, 3.63) is 23.3 Å². The molecule has 0 radical (unpaired) electrons. The first-order chi connectivity index (χ1) is 10.2. The van der Waals surface area contributed by atoms with E-state index in [4.69, 9.17) is 9.47 Å². The molecule has 1 aromatic carbocycles. The minimum Gasteiger partial charge on any atom is -0.493 e. The summed E-state index contributed by atoms with van der Waals surface area (Å²) in [5.41, 5.74) is 2.66. The van der Waals surface area contributed by atoms with Crippen molar-refractivity contribution in [1.82, 2.24) is 5.32 Å². The number of unbranched alkanes of at least 4 members (excludes halogenated alkanes) is 3. The van der Waals surface area contributed by atoms with Crippen LogP contribution in [0, 0.1) is 6.92 Å². The molecule has 1 N–H and O–H groups in total. The van der Waals surface area contributed by atoms with Crippen molar-refractivity contribution in [2.75, 3.05) is 27.3 Å². The molecule has 0 atom stereocenters. The summed E-state index contributed by atoms with van der Waals surface area (Å²) in [7, 11) is 3.38. The van der Waals surface area contributed by atoms with E-state index in [1.807, 2.05) is 0 Å². The molecule has 0 saturated heterocycles. The summed E-state index contributed by atoms with van der Waals surface area (Å²) in [6, 6.07) is 4.19. The van der Waals surface area contributed by atoms with Gasteiger partial charge in [-0.2, -0.15) is 0 Å². The molecule has 3 heteroatoms. The normalized spacial score (nSPS) is 10.7. The Morgan fingerprint density at radius 3 is 2.24 bits per heavy atom. The molecule has 0 bridgehead atoms. The highest BCUT2D eigenvalue weighted by Crippen LogP contribution is 2.30. The number of hydrogen-bond acceptors (Lipinski definition) is 3. The van der Waals surface area contributed by atoms with Gasteiger partial charge in [-0.3, -0.25) is 0 Å². The maximum Gasteiger partial charge on any atom is 0.161 e. The quantitative estimate of drug-likeness (QED) is 0.623. The molecule has 0 heterocycles. The molecule has 1 aromatic rings. The lowest BCUT2D eigenvalue weighted by molar-refractivity contribution is 0.354. The van der Waals surface area contributed by atoms with Crippen molar-refractivity contribution < 1.29 is 9.47 Å². The van der Waals surface area contributed by atoms with Gasteiger partial charge in [0.05, 0.1) is 14.2 Å². The average molecular weight is 293 g/mol. The van der Waals surface area contributed by atoms with Crippen LogP contribution in [0.4, 0.5) is 0 Å². The topological polar surface area (TPSA) is 30.5 Å². The van der Waals surface area contributed by atoms with Crippen LogP contribution in [0.5, 0.6) is 11.5 Å². The fourth-order valence-corrected chi connectivity index (χ4v) is 2.51. The Morgan fingerprint density at radius 1 is 0.905 bits per heavy atom. The summed E-state index contributed by atoms with van der Waals surface area (Å²) in [5, 5.41) is 3.45. The highest BCUT2D eigenvalue weighted by atomic mass is 16.5. The first kappa shape index (κ1) is 17.8. The van der Waals surface area contributed by atoms with Gasteiger partial charge in [-0.05, 0) is 69.0 Å². The van der Waals surface area contributed by atoms with Crippen LogP contribution < -0.4 is 14.8 Å². The van der Waals surface area contributed by atoms with Crippen LogP contribution in [0.3, 0.4) is 0 Å². The second-order valence-corrected chi connectivity index (χ2v) is 5.55. The standard InChI is InChI=1S/C18H31NO2/c1-5-11-19-12-9-7-6-8-10-16-14-18(21-4)17(20-3)13-15(16)2/h13-14,19H,5-12H2,1-4H3. The van der Waals surface area contributed by atoms with Crippen LogP contribution in [-0.2, 0) is 6.42 Å². The highest BCUT2D eigenvalue weighted by molar-refractivity contribution is 5.47. The summed E-state index contributed by atoms with van der Waals surface area (Å²) in [5.74, 6) is 1.66. The lowest BCUT2D eigenvalue weighted by Crippen LogP contribution is -2.15. The van der Waals surface area contributed by atoms with Gasteiger partial charge < -0.3 is 14.8 Å².